The molecule has 2 rings (SSSR count). The van der Waals surface area contributed by atoms with Gasteiger partial charge >= 0.3 is 0 Å². The van der Waals surface area contributed by atoms with E-state index < -0.39 is 0 Å². The maximum Gasteiger partial charge on any atom is 0.266 e. The molecule has 0 aliphatic carbocycles. The smallest absolute Gasteiger partial charge is 0.266 e. The summed E-state index contributed by atoms with van der Waals surface area (Å²) in [4.78, 5) is 12.6. The highest BCUT2D eigenvalue weighted by Crippen LogP contribution is 2.18. The van der Waals surface area contributed by atoms with Crippen LogP contribution in [-0.2, 0) is 6.42 Å². The summed E-state index contributed by atoms with van der Waals surface area (Å²) in [6, 6.07) is 6.18. The Morgan fingerprint density at radius 2 is 1.92 bits per heavy atom. The third-order valence-electron chi connectivity index (χ3n) is 4.46. The molecule has 0 spiro atoms. The molecule has 0 aliphatic rings. The Balaban J connectivity index is 2.08. The normalized spacial score (nSPS) is 11.1. The van der Waals surface area contributed by atoms with Crippen molar-refractivity contribution in [2.75, 3.05) is 11.9 Å². The fraction of sp³-hybridized carbons (Fsp3) is 0.500. The number of carbonyl (C=O) groups is 1. The van der Waals surface area contributed by atoms with Crippen LogP contribution in [0.15, 0.2) is 18.2 Å². The van der Waals surface area contributed by atoms with Gasteiger partial charge in [-0.1, -0.05) is 31.5 Å². The van der Waals surface area contributed by atoms with Gasteiger partial charge in [-0.05, 0) is 63.6 Å². The van der Waals surface area contributed by atoms with Gasteiger partial charge in [0.25, 0.3) is 5.91 Å². The van der Waals surface area contributed by atoms with Crippen molar-refractivity contribution in [1.29, 1.82) is 0 Å². The first-order valence-electron chi connectivity index (χ1n) is 8.69. The van der Waals surface area contributed by atoms with Gasteiger partial charge in [-0.15, -0.1) is 0 Å². The Kier molecular flexibility index (Phi) is 5.81. The SMILES string of the molecule is Cc1ccc(NCC(=O)n2nc(C)c(CCC(C)C)c2C)c(C)c1. The number of nitrogens with one attached hydrogen (secondary N) is 1. The van der Waals surface area contributed by atoms with Crippen LogP contribution in [0.3, 0.4) is 0 Å². The summed E-state index contributed by atoms with van der Waals surface area (Å²) in [7, 11) is 0. The highest BCUT2D eigenvalue weighted by molar-refractivity contribution is 5.83. The lowest BCUT2D eigenvalue weighted by molar-refractivity contribution is 0.0910. The van der Waals surface area contributed by atoms with Crippen LogP contribution >= 0.6 is 0 Å². The summed E-state index contributed by atoms with van der Waals surface area (Å²) in [6.45, 7) is 12.8. The van der Waals surface area contributed by atoms with Gasteiger partial charge < -0.3 is 5.32 Å². The molecule has 0 saturated heterocycles. The van der Waals surface area contributed by atoms with Crippen molar-refractivity contribution in [2.24, 2.45) is 5.92 Å². The highest BCUT2D eigenvalue weighted by atomic mass is 16.2. The van der Waals surface area contributed by atoms with Gasteiger partial charge in [0.05, 0.1) is 12.2 Å². The third kappa shape index (κ3) is 4.25. The molecule has 0 fully saturated rings. The van der Waals surface area contributed by atoms with E-state index in [0.29, 0.717) is 5.92 Å². The zero-order valence-electron chi connectivity index (χ0n) is 15.7. The number of carbonyl (C=O) groups excluding carboxylic acids is 1. The second kappa shape index (κ2) is 7.65. The van der Waals surface area contributed by atoms with Gasteiger partial charge in [0.15, 0.2) is 0 Å². The van der Waals surface area contributed by atoms with Crippen LogP contribution in [0.5, 0.6) is 0 Å². The van der Waals surface area contributed by atoms with Crippen molar-refractivity contribution < 1.29 is 4.79 Å². The molecule has 4 heteroatoms. The minimum Gasteiger partial charge on any atom is -0.376 e. The molecule has 0 atom stereocenters. The topological polar surface area (TPSA) is 46.9 Å². The van der Waals surface area contributed by atoms with Crippen LogP contribution in [0, 0.1) is 33.6 Å². The number of benzene rings is 1. The maximum atomic E-state index is 12.6. The predicted octanol–water partition coefficient (Wildman–Crippen LogP) is 4.46. The molecule has 4 nitrogen and oxygen atoms in total. The molecule has 0 saturated carbocycles. The van der Waals surface area contributed by atoms with Crippen molar-refractivity contribution in [1.82, 2.24) is 9.78 Å². The van der Waals surface area contributed by atoms with E-state index in [1.165, 1.54) is 11.1 Å². The van der Waals surface area contributed by atoms with E-state index in [9.17, 15) is 4.79 Å². The average molecular weight is 327 g/mol. The monoisotopic (exact) mass is 327 g/mol. The van der Waals surface area contributed by atoms with Crippen molar-refractivity contribution in [3.05, 3.63) is 46.3 Å². The molecule has 0 aliphatic heterocycles. The highest BCUT2D eigenvalue weighted by Gasteiger charge is 2.16. The zero-order valence-corrected chi connectivity index (χ0v) is 15.7. The van der Waals surface area contributed by atoms with Crippen LogP contribution in [0.1, 0.15) is 53.1 Å². The van der Waals surface area contributed by atoms with Crippen molar-refractivity contribution in [3.8, 4) is 0 Å². The molecular weight excluding hydrogens is 298 g/mol. The molecule has 0 bridgehead atoms. The molecule has 130 valence electrons. The predicted molar refractivity (Wildman–Crippen MR) is 99.9 cm³/mol. The molecule has 0 amide bonds. The zero-order chi connectivity index (χ0) is 17.9. The molecule has 1 aromatic carbocycles. The molecular formula is C20H29N3O. The van der Waals surface area contributed by atoms with Crippen molar-refractivity contribution in [3.63, 3.8) is 0 Å². The maximum absolute atomic E-state index is 12.6. The number of aryl methyl sites for hydroxylation is 3. The van der Waals surface area contributed by atoms with Gasteiger partial charge in [0.2, 0.25) is 0 Å². The number of rotatable bonds is 6. The fourth-order valence-electron chi connectivity index (χ4n) is 2.97. The van der Waals surface area contributed by atoms with E-state index in [2.05, 4.69) is 37.3 Å². The van der Waals surface area contributed by atoms with E-state index in [1.807, 2.05) is 32.9 Å². The molecule has 1 N–H and O–H groups in total. The molecule has 1 aromatic heterocycles. The summed E-state index contributed by atoms with van der Waals surface area (Å²) in [6.07, 6.45) is 2.09. The van der Waals surface area contributed by atoms with Crippen molar-refractivity contribution in [2.45, 2.75) is 54.4 Å². The van der Waals surface area contributed by atoms with E-state index in [1.54, 1.807) is 4.68 Å². The molecule has 0 radical (unpaired) electrons. The molecule has 0 unspecified atom stereocenters. The number of aromatic nitrogens is 2. The summed E-state index contributed by atoms with van der Waals surface area (Å²) >= 11 is 0. The Morgan fingerprint density at radius 3 is 2.54 bits per heavy atom. The Bertz CT molecular complexity index is 729. The van der Waals surface area contributed by atoms with Crippen LogP contribution in [0.2, 0.25) is 0 Å². The van der Waals surface area contributed by atoms with E-state index in [0.717, 1.165) is 35.5 Å². The Labute approximate surface area is 145 Å². The van der Waals surface area contributed by atoms with Gasteiger partial charge in [-0.3, -0.25) is 4.79 Å². The number of hydrogen-bond donors (Lipinski definition) is 1. The number of anilines is 1. The number of nitrogens with zero attached hydrogens (tertiary/aromatic N) is 2. The summed E-state index contributed by atoms with van der Waals surface area (Å²) in [5.41, 5.74) is 6.51. The first-order valence-corrected chi connectivity index (χ1v) is 8.69. The average Bonchev–Trinajstić information content (AvgIpc) is 2.78. The van der Waals surface area contributed by atoms with Crippen LogP contribution in [-0.4, -0.2) is 22.2 Å². The lowest BCUT2D eigenvalue weighted by Gasteiger charge is -2.10. The minimum absolute atomic E-state index is 0.0219. The van der Waals surface area contributed by atoms with Gasteiger partial charge in [-0.25, -0.2) is 4.68 Å². The van der Waals surface area contributed by atoms with Gasteiger partial charge in [0, 0.05) is 11.4 Å². The van der Waals surface area contributed by atoms with Crippen LogP contribution in [0.25, 0.3) is 0 Å². The van der Waals surface area contributed by atoms with Gasteiger partial charge in [0.1, 0.15) is 0 Å². The van der Waals surface area contributed by atoms with Crippen LogP contribution in [0.4, 0.5) is 5.69 Å². The lowest BCUT2D eigenvalue weighted by Crippen LogP contribution is -2.23. The fourth-order valence-corrected chi connectivity index (χ4v) is 2.97. The third-order valence-corrected chi connectivity index (χ3v) is 4.46. The lowest BCUT2D eigenvalue weighted by atomic mass is 10.0. The summed E-state index contributed by atoms with van der Waals surface area (Å²) < 4.78 is 1.56. The summed E-state index contributed by atoms with van der Waals surface area (Å²) in [5, 5.41) is 7.70. The second-order valence-corrected chi connectivity index (χ2v) is 7.06. The molecule has 2 aromatic rings. The molecule has 24 heavy (non-hydrogen) atoms. The van der Waals surface area contributed by atoms with E-state index in [-0.39, 0.29) is 12.5 Å². The largest absolute Gasteiger partial charge is 0.376 e. The quantitative estimate of drug-likeness (QED) is 0.852. The minimum atomic E-state index is -0.0219. The Hall–Kier alpha value is -2.10. The summed E-state index contributed by atoms with van der Waals surface area (Å²) in [5.74, 6) is 0.625. The number of hydrogen-bond acceptors (Lipinski definition) is 3. The van der Waals surface area contributed by atoms with E-state index in [4.69, 9.17) is 0 Å². The first kappa shape index (κ1) is 18.2. The standard InChI is InChI=1S/C20H29N3O/c1-13(2)7-9-18-16(5)22-23(17(18)6)20(24)12-21-19-10-8-14(3)11-15(19)4/h8,10-11,13,21H,7,9,12H2,1-6H3. The van der Waals surface area contributed by atoms with Gasteiger partial charge in [-0.2, -0.15) is 5.10 Å². The Morgan fingerprint density at radius 1 is 1.21 bits per heavy atom. The van der Waals surface area contributed by atoms with E-state index >= 15 is 0 Å². The van der Waals surface area contributed by atoms with Crippen molar-refractivity contribution >= 4 is 11.6 Å². The first-order chi connectivity index (χ1) is 11.3. The van der Waals surface area contributed by atoms with Crippen LogP contribution < -0.4 is 5.32 Å². The molecule has 1 heterocycles. The second-order valence-electron chi connectivity index (χ2n) is 7.06.